The molecule has 61 heavy (non-hydrogen) atoms. The minimum atomic E-state index is -0.638. The van der Waals surface area contributed by atoms with Gasteiger partial charge in [-0.3, -0.25) is 9.59 Å². The highest BCUT2D eigenvalue weighted by Gasteiger charge is 2.38. The first-order valence-corrected chi connectivity index (χ1v) is 20.7. The zero-order chi connectivity index (χ0) is 44.9. The number of benzene rings is 2. The van der Waals surface area contributed by atoms with Crippen LogP contribution in [0.4, 0.5) is 24.2 Å². The third-order valence-electron chi connectivity index (χ3n) is 9.36. The predicted molar refractivity (Wildman–Crippen MR) is 229 cm³/mol. The second-order valence-corrected chi connectivity index (χ2v) is 16.8. The Morgan fingerprint density at radius 2 is 1.26 bits per heavy atom. The lowest BCUT2D eigenvalue weighted by molar-refractivity contribution is -0.150. The Morgan fingerprint density at radius 1 is 0.754 bits per heavy atom. The summed E-state index contributed by atoms with van der Waals surface area (Å²) in [6.07, 6.45) is 3.38. The molecule has 14 nitrogen and oxygen atoms in total. The van der Waals surface area contributed by atoms with E-state index in [0.29, 0.717) is 60.8 Å². The Morgan fingerprint density at radius 3 is 1.82 bits per heavy atom. The zero-order valence-electron chi connectivity index (χ0n) is 36.0. The number of rotatable bonds is 7. The molecule has 4 atom stereocenters. The molecule has 2 saturated heterocycles. The van der Waals surface area contributed by atoms with E-state index in [2.05, 4.69) is 25.9 Å². The number of nitrogens with zero attached hydrogens (tertiary/aromatic N) is 3. The normalized spacial score (nSPS) is 19.0. The first kappa shape index (κ1) is 48.3. The van der Waals surface area contributed by atoms with Gasteiger partial charge in [0, 0.05) is 54.9 Å². The number of pyridine rings is 2. The molecule has 4 unspecified atom stereocenters. The van der Waals surface area contributed by atoms with Crippen LogP contribution < -0.4 is 20.9 Å². The van der Waals surface area contributed by atoms with E-state index in [1.807, 2.05) is 11.0 Å². The van der Waals surface area contributed by atoms with Crippen molar-refractivity contribution in [3.05, 3.63) is 77.7 Å². The van der Waals surface area contributed by atoms with Crippen LogP contribution in [0, 0.1) is 23.5 Å². The third kappa shape index (κ3) is 15.0. The largest absolute Gasteiger partial charge is 0.466 e. The molecule has 0 bridgehead atoms. The number of hydrogen-bond acceptors (Lipinski definition) is 12. The molecule has 2 aliphatic heterocycles. The minimum absolute atomic E-state index is 0.241. The Kier molecular flexibility index (Phi) is 17.4. The fraction of sp³-hybridized carbons (Fsp3) is 0.500. The summed E-state index contributed by atoms with van der Waals surface area (Å²) in [4.78, 5) is 58.7. The van der Waals surface area contributed by atoms with E-state index in [4.69, 9.17) is 30.5 Å². The number of aromatic nitrogens is 2. The van der Waals surface area contributed by atoms with Crippen molar-refractivity contribution >= 4 is 63.1 Å². The first-order valence-electron chi connectivity index (χ1n) is 20.3. The van der Waals surface area contributed by atoms with Crippen molar-refractivity contribution in [2.24, 2.45) is 11.8 Å². The number of halogens is 3. The van der Waals surface area contributed by atoms with Gasteiger partial charge in [0.1, 0.15) is 33.8 Å². The standard InChI is InChI=1S/C22H28FN3O4.C13H24N2O4.C9H5ClFN/c1-5-29-20(27)17-13-26(11-9-18(17)25-21(28)30-22(2,3)4)19-16-12-15(23)7-6-14(16)8-10-24-19;1-5-18-11(16)9-8-14-7-6-10(9)15-12(17)19-13(2,3)4;10-9-8-5-7(11)2-1-6(8)3-4-12-9/h6-8,10,12,17-18H,5,9,11,13H2,1-4H3,(H,25,28);9-10,14H,5-8H2,1-4H3,(H,15,17);1-5H. The van der Waals surface area contributed by atoms with E-state index in [1.165, 1.54) is 24.3 Å². The predicted octanol–water partition coefficient (Wildman–Crippen LogP) is 7.74. The SMILES string of the molecule is CCOC(=O)C1CN(c2nccc3ccc(F)cc23)CCC1NC(=O)OC(C)(C)C.CCOC(=O)C1CNCCC1NC(=O)OC(C)(C)C.Fc1ccc2ccnc(Cl)c2c1. The molecule has 3 N–H and O–H groups in total. The van der Waals surface area contributed by atoms with Gasteiger partial charge in [0.15, 0.2) is 0 Å². The van der Waals surface area contributed by atoms with Crippen LogP contribution in [0.3, 0.4) is 0 Å². The second kappa shape index (κ2) is 22.0. The molecule has 0 saturated carbocycles. The summed E-state index contributed by atoms with van der Waals surface area (Å²) >= 11 is 5.75. The van der Waals surface area contributed by atoms with Gasteiger partial charge in [-0.15, -0.1) is 0 Å². The van der Waals surface area contributed by atoms with E-state index < -0.39 is 41.3 Å². The Bertz CT molecular complexity index is 2130. The molecule has 4 heterocycles. The van der Waals surface area contributed by atoms with Gasteiger partial charge in [0.2, 0.25) is 0 Å². The number of piperidine rings is 2. The lowest BCUT2D eigenvalue weighted by Crippen LogP contribution is -2.55. The molecule has 2 aromatic carbocycles. The highest BCUT2D eigenvalue weighted by Crippen LogP contribution is 2.30. The maximum atomic E-state index is 13.8. The van der Waals surface area contributed by atoms with Gasteiger partial charge in [-0.05, 0) is 122 Å². The number of nitrogens with one attached hydrogen (secondary N) is 3. The fourth-order valence-corrected chi connectivity index (χ4v) is 6.95. The molecule has 2 fully saturated rings. The van der Waals surface area contributed by atoms with Gasteiger partial charge in [-0.1, -0.05) is 23.7 Å². The molecule has 0 aliphatic carbocycles. The summed E-state index contributed by atoms with van der Waals surface area (Å²) in [7, 11) is 0. The number of carbonyl (C=O) groups excluding carboxylic acids is 4. The van der Waals surface area contributed by atoms with Crippen molar-refractivity contribution in [1.82, 2.24) is 25.9 Å². The third-order valence-corrected chi connectivity index (χ3v) is 9.67. The average molecular weight is 871 g/mol. The van der Waals surface area contributed by atoms with E-state index >= 15 is 0 Å². The summed E-state index contributed by atoms with van der Waals surface area (Å²) in [5.74, 6) is -1.67. The van der Waals surface area contributed by atoms with Gasteiger partial charge < -0.3 is 39.8 Å². The molecule has 2 amide bonds. The lowest BCUT2D eigenvalue weighted by atomic mass is 9.91. The number of ether oxygens (including phenoxy) is 4. The summed E-state index contributed by atoms with van der Waals surface area (Å²) in [5, 5.41) is 12.1. The molecular formula is C44H57ClF2N6O8. The van der Waals surface area contributed by atoms with Crippen LogP contribution in [0.5, 0.6) is 0 Å². The zero-order valence-corrected chi connectivity index (χ0v) is 36.7. The average Bonchev–Trinajstić information content (AvgIpc) is 3.17. The van der Waals surface area contributed by atoms with Crippen molar-refractivity contribution < 1.29 is 46.9 Å². The van der Waals surface area contributed by atoms with Crippen molar-refractivity contribution in [3.63, 3.8) is 0 Å². The fourth-order valence-electron chi connectivity index (χ4n) is 6.73. The molecule has 0 spiro atoms. The number of alkyl carbamates (subject to hydrolysis) is 2. The van der Waals surface area contributed by atoms with E-state index in [9.17, 15) is 28.0 Å². The van der Waals surface area contributed by atoms with E-state index in [0.717, 1.165) is 17.3 Å². The van der Waals surface area contributed by atoms with Crippen LogP contribution in [0.25, 0.3) is 21.5 Å². The number of carbonyl (C=O) groups is 4. The summed E-state index contributed by atoms with van der Waals surface area (Å²) in [6.45, 7) is 17.0. The van der Waals surface area contributed by atoms with E-state index in [1.54, 1.807) is 86.0 Å². The van der Waals surface area contributed by atoms with Gasteiger partial charge in [-0.25, -0.2) is 28.3 Å². The topological polar surface area (TPSA) is 170 Å². The van der Waals surface area contributed by atoms with Crippen molar-refractivity contribution in [2.75, 3.05) is 44.3 Å². The Balaban J connectivity index is 0.000000224. The highest BCUT2D eigenvalue weighted by molar-refractivity contribution is 6.34. The lowest BCUT2D eigenvalue weighted by Gasteiger charge is -2.38. The van der Waals surface area contributed by atoms with Gasteiger partial charge in [-0.2, -0.15) is 0 Å². The molecular weight excluding hydrogens is 814 g/mol. The minimum Gasteiger partial charge on any atom is -0.466 e. The van der Waals surface area contributed by atoms with Crippen molar-refractivity contribution in [3.8, 4) is 0 Å². The molecule has 0 radical (unpaired) electrons. The van der Waals surface area contributed by atoms with E-state index in [-0.39, 0.29) is 36.2 Å². The van der Waals surface area contributed by atoms with Crippen LogP contribution in [-0.4, -0.2) is 96.8 Å². The van der Waals surface area contributed by atoms with Crippen LogP contribution in [0.15, 0.2) is 60.9 Å². The maximum Gasteiger partial charge on any atom is 0.407 e. The van der Waals surface area contributed by atoms with Gasteiger partial charge >= 0.3 is 24.1 Å². The number of esters is 2. The maximum absolute atomic E-state index is 13.8. The van der Waals surface area contributed by atoms with Crippen LogP contribution in [0.2, 0.25) is 5.15 Å². The smallest absolute Gasteiger partial charge is 0.407 e. The molecule has 6 rings (SSSR count). The summed E-state index contributed by atoms with van der Waals surface area (Å²) < 4.78 is 47.4. The Labute approximate surface area is 360 Å². The second-order valence-electron chi connectivity index (χ2n) is 16.4. The van der Waals surface area contributed by atoms with Crippen molar-refractivity contribution in [1.29, 1.82) is 0 Å². The highest BCUT2D eigenvalue weighted by atomic mass is 35.5. The van der Waals surface area contributed by atoms with Gasteiger partial charge in [0.25, 0.3) is 0 Å². The monoisotopic (exact) mass is 870 g/mol. The number of hydrogen-bond donors (Lipinski definition) is 3. The van der Waals surface area contributed by atoms with Crippen LogP contribution in [0.1, 0.15) is 68.2 Å². The van der Waals surface area contributed by atoms with Crippen LogP contribution in [-0.2, 0) is 28.5 Å². The van der Waals surface area contributed by atoms with Crippen molar-refractivity contribution in [2.45, 2.75) is 91.5 Å². The molecule has 4 aromatic rings. The quantitative estimate of drug-likeness (QED) is 0.0940. The molecule has 2 aromatic heterocycles. The summed E-state index contributed by atoms with van der Waals surface area (Å²) in [5.41, 5.74) is -1.18. The first-order chi connectivity index (χ1) is 28.8. The van der Waals surface area contributed by atoms with Gasteiger partial charge in [0.05, 0.1) is 25.0 Å². The van der Waals surface area contributed by atoms with Crippen LogP contribution >= 0.6 is 11.6 Å². The number of anilines is 1. The molecule has 2 aliphatic rings. The number of fused-ring (bicyclic) bond motifs is 2. The number of amides is 2. The molecule has 332 valence electrons. The Hall–Kier alpha value is -5.35. The summed E-state index contributed by atoms with van der Waals surface area (Å²) in [6, 6.07) is 12.0. The molecule has 17 heteroatoms.